The van der Waals surface area contributed by atoms with E-state index in [1.54, 1.807) is 12.4 Å². The Bertz CT molecular complexity index is 409. The van der Waals surface area contributed by atoms with Crippen LogP contribution in [0.2, 0.25) is 0 Å². The number of nitrogens with zero attached hydrogens (tertiary/aromatic N) is 1. The van der Waals surface area contributed by atoms with Crippen LogP contribution in [-0.4, -0.2) is 4.98 Å². The van der Waals surface area contributed by atoms with Crippen LogP contribution in [0.1, 0.15) is 87.6 Å². The van der Waals surface area contributed by atoms with Crippen molar-refractivity contribution in [1.82, 2.24) is 4.98 Å². The van der Waals surface area contributed by atoms with Crippen molar-refractivity contribution < 1.29 is 0 Å². The lowest BCUT2D eigenvalue weighted by molar-refractivity contribution is 0.736. The zero-order valence-electron chi connectivity index (χ0n) is 20.0. The van der Waals surface area contributed by atoms with E-state index in [1.807, 2.05) is 24.3 Å². The molecule has 1 aromatic carbocycles. The Labute approximate surface area is 171 Å². The number of rotatable bonds is 1. The second-order valence-corrected chi connectivity index (χ2v) is 8.79. The third kappa shape index (κ3) is 45.5. The average molecular weight is 374 g/mol. The lowest BCUT2D eigenvalue weighted by Gasteiger charge is -2.01. The maximum absolute atomic E-state index is 3.78. The van der Waals surface area contributed by atoms with Crippen molar-refractivity contribution in [1.29, 1.82) is 0 Å². The van der Waals surface area contributed by atoms with Gasteiger partial charge in [0.1, 0.15) is 0 Å². The minimum absolute atomic E-state index is 0.659. The number of pyridine rings is 1. The van der Waals surface area contributed by atoms with E-state index in [2.05, 4.69) is 105 Å². The lowest BCUT2D eigenvalue weighted by Crippen LogP contribution is -1.83. The summed E-state index contributed by atoms with van der Waals surface area (Å²) < 4.78 is 0. The van der Waals surface area contributed by atoms with E-state index in [4.69, 9.17) is 0 Å². The Morgan fingerprint density at radius 2 is 0.778 bits per heavy atom. The van der Waals surface area contributed by atoms with Crippen LogP contribution in [0.25, 0.3) is 0 Å². The molecule has 0 saturated heterocycles. The van der Waals surface area contributed by atoms with Gasteiger partial charge in [0, 0.05) is 12.4 Å². The fourth-order valence-corrected chi connectivity index (χ4v) is 1.15. The summed E-state index contributed by atoms with van der Waals surface area (Å²) >= 11 is 0. The number of benzene rings is 1. The molecule has 0 aliphatic carbocycles. The predicted molar refractivity (Wildman–Crippen MR) is 126 cm³/mol. The molecule has 0 aliphatic rings. The fraction of sp³-hybridized carbons (Fsp3) is 0.577. The molecule has 0 N–H and O–H groups in total. The van der Waals surface area contributed by atoms with Gasteiger partial charge in [-0.25, -0.2) is 0 Å². The summed E-state index contributed by atoms with van der Waals surface area (Å²) in [5.41, 5.74) is 1.41. The first-order valence-corrected chi connectivity index (χ1v) is 10.4. The Balaban J connectivity index is -0.000000282. The fourth-order valence-electron chi connectivity index (χ4n) is 1.15. The molecular formula is C26H47N. The summed E-state index contributed by atoms with van der Waals surface area (Å²) in [4.78, 5) is 3.78. The standard InChI is InChI=1S/C9H12.C5H5N.3C4H10/c1-8(2)9-6-4-3-5-7-9;1-2-4-6-5-3-1;3*1-4(2)3/h3-8H,1-2H3;1-5H;3*4H,1-3H3. The molecule has 1 aromatic heterocycles. The second-order valence-electron chi connectivity index (χ2n) is 8.79. The van der Waals surface area contributed by atoms with Crippen molar-refractivity contribution >= 4 is 0 Å². The van der Waals surface area contributed by atoms with Gasteiger partial charge in [-0.2, -0.15) is 0 Å². The first-order valence-electron chi connectivity index (χ1n) is 10.4. The van der Waals surface area contributed by atoms with Crippen LogP contribution >= 0.6 is 0 Å². The van der Waals surface area contributed by atoms with Crippen LogP contribution in [0.5, 0.6) is 0 Å². The largest absolute Gasteiger partial charge is 0.265 e. The Morgan fingerprint density at radius 1 is 0.481 bits per heavy atom. The summed E-state index contributed by atoms with van der Waals surface area (Å²) in [5.74, 6) is 3.16. The molecule has 1 heteroatoms. The molecule has 0 aliphatic heterocycles. The Morgan fingerprint density at radius 3 is 0.926 bits per heavy atom. The molecule has 156 valence electrons. The van der Waals surface area contributed by atoms with E-state index in [0.29, 0.717) is 5.92 Å². The number of hydrogen-bond donors (Lipinski definition) is 0. The highest BCUT2D eigenvalue weighted by Gasteiger charge is 1.93. The number of aromatic nitrogens is 1. The van der Waals surface area contributed by atoms with Crippen molar-refractivity contribution in [3.8, 4) is 0 Å². The molecule has 1 heterocycles. The van der Waals surface area contributed by atoms with E-state index in [0.717, 1.165) is 17.8 Å². The summed E-state index contributed by atoms with van der Waals surface area (Å²) in [6.45, 7) is 23.9. The summed E-state index contributed by atoms with van der Waals surface area (Å²) in [7, 11) is 0. The monoisotopic (exact) mass is 373 g/mol. The van der Waals surface area contributed by atoms with Crippen molar-refractivity contribution in [3.05, 3.63) is 66.5 Å². The molecule has 0 fully saturated rings. The first kappa shape index (κ1) is 30.1. The third-order valence-corrected chi connectivity index (χ3v) is 2.03. The molecule has 0 spiro atoms. The third-order valence-electron chi connectivity index (χ3n) is 2.03. The highest BCUT2D eigenvalue weighted by Crippen LogP contribution is 2.11. The molecule has 0 unspecified atom stereocenters. The summed E-state index contributed by atoms with van der Waals surface area (Å²) in [6, 6.07) is 16.2. The molecule has 0 amide bonds. The van der Waals surface area contributed by atoms with Crippen LogP contribution in [-0.2, 0) is 0 Å². The molecule has 1 nitrogen and oxygen atoms in total. The summed E-state index contributed by atoms with van der Waals surface area (Å²) in [5, 5.41) is 0. The number of hydrogen-bond acceptors (Lipinski definition) is 1. The maximum Gasteiger partial charge on any atom is 0.0267 e. The van der Waals surface area contributed by atoms with Crippen molar-refractivity contribution in [3.63, 3.8) is 0 Å². The zero-order valence-corrected chi connectivity index (χ0v) is 20.0. The van der Waals surface area contributed by atoms with Crippen LogP contribution in [0.15, 0.2) is 60.9 Å². The molecule has 2 rings (SSSR count). The Kier molecular flexibility index (Phi) is 25.0. The van der Waals surface area contributed by atoms with E-state index >= 15 is 0 Å². The zero-order chi connectivity index (χ0) is 21.7. The van der Waals surface area contributed by atoms with Gasteiger partial charge in [0.2, 0.25) is 0 Å². The van der Waals surface area contributed by atoms with Crippen LogP contribution < -0.4 is 0 Å². The SMILES string of the molecule is CC(C)C.CC(C)C.CC(C)C.CC(C)c1ccccc1.c1ccncc1. The van der Waals surface area contributed by atoms with E-state index in [-0.39, 0.29) is 0 Å². The van der Waals surface area contributed by atoms with Gasteiger partial charge in [0.05, 0.1) is 0 Å². The van der Waals surface area contributed by atoms with Crippen LogP contribution in [0.3, 0.4) is 0 Å². The molecule has 0 saturated carbocycles. The molecule has 0 bridgehead atoms. The van der Waals surface area contributed by atoms with Crippen molar-refractivity contribution in [2.75, 3.05) is 0 Å². The lowest BCUT2D eigenvalue weighted by atomic mass is 10.0. The van der Waals surface area contributed by atoms with Crippen LogP contribution in [0, 0.1) is 17.8 Å². The van der Waals surface area contributed by atoms with Gasteiger partial charge >= 0.3 is 0 Å². The molecule has 27 heavy (non-hydrogen) atoms. The smallest absolute Gasteiger partial charge is 0.0267 e. The second kappa shape index (κ2) is 22.4. The first-order chi connectivity index (χ1) is 12.5. The normalized spacial score (nSPS) is 9.15. The minimum atomic E-state index is 0.659. The summed E-state index contributed by atoms with van der Waals surface area (Å²) in [6.07, 6.45) is 3.50. The molecular weight excluding hydrogens is 326 g/mol. The molecule has 0 atom stereocenters. The van der Waals surface area contributed by atoms with E-state index in [1.165, 1.54) is 5.56 Å². The van der Waals surface area contributed by atoms with Crippen LogP contribution in [0.4, 0.5) is 0 Å². The Hall–Kier alpha value is -1.63. The van der Waals surface area contributed by atoms with Crippen molar-refractivity contribution in [2.45, 2.75) is 82.1 Å². The predicted octanol–water partition coefficient (Wildman–Crippen LogP) is 8.88. The average Bonchev–Trinajstić information content (AvgIpc) is 2.56. The minimum Gasteiger partial charge on any atom is -0.265 e. The van der Waals surface area contributed by atoms with E-state index in [9.17, 15) is 0 Å². The molecule has 0 radical (unpaired) electrons. The van der Waals surface area contributed by atoms with Gasteiger partial charge in [0.25, 0.3) is 0 Å². The highest BCUT2D eigenvalue weighted by atomic mass is 14.6. The topological polar surface area (TPSA) is 12.9 Å². The highest BCUT2D eigenvalue weighted by molar-refractivity contribution is 5.17. The van der Waals surface area contributed by atoms with Gasteiger partial charge in [-0.1, -0.05) is 113 Å². The van der Waals surface area contributed by atoms with Gasteiger partial charge in [-0.3, -0.25) is 4.98 Å². The van der Waals surface area contributed by atoms with E-state index < -0.39 is 0 Å². The quantitative estimate of drug-likeness (QED) is 0.486. The van der Waals surface area contributed by atoms with Crippen molar-refractivity contribution in [2.24, 2.45) is 17.8 Å². The maximum atomic E-state index is 3.78. The van der Waals surface area contributed by atoms with Gasteiger partial charge in [-0.05, 0) is 41.4 Å². The van der Waals surface area contributed by atoms with Gasteiger partial charge in [-0.15, -0.1) is 0 Å². The van der Waals surface area contributed by atoms with Gasteiger partial charge < -0.3 is 0 Å². The molecule has 2 aromatic rings. The van der Waals surface area contributed by atoms with Gasteiger partial charge in [0.15, 0.2) is 0 Å².